The third-order valence-corrected chi connectivity index (χ3v) is 4.17. The molecule has 10 heteroatoms. The Hall–Kier alpha value is -3.27. The van der Waals surface area contributed by atoms with Crippen LogP contribution in [0.1, 0.15) is 5.56 Å². The molecule has 0 aliphatic rings. The van der Waals surface area contributed by atoms with Gasteiger partial charge in [0.1, 0.15) is 5.69 Å². The molecule has 0 unspecified atom stereocenters. The summed E-state index contributed by atoms with van der Waals surface area (Å²) >= 11 is 1.04. The highest BCUT2D eigenvalue weighted by molar-refractivity contribution is 7.99. The number of nitrogens with one attached hydrogen (secondary N) is 1. The van der Waals surface area contributed by atoms with E-state index in [2.05, 4.69) is 20.5 Å². The number of anilines is 1. The number of thioether (sulfide) groups is 1. The van der Waals surface area contributed by atoms with Crippen molar-refractivity contribution in [1.29, 1.82) is 0 Å². The van der Waals surface area contributed by atoms with Crippen LogP contribution in [-0.4, -0.2) is 31.8 Å². The summed E-state index contributed by atoms with van der Waals surface area (Å²) in [5, 5.41) is 21.6. The molecule has 2 heterocycles. The lowest BCUT2D eigenvalue weighted by molar-refractivity contribution is -0.384. The number of aromatic nitrogens is 3. The first-order chi connectivity index (χ1) is 12.5. The predicted octanol–water partition coefficient (Wildman–Crippen LogP) is 3.08. The molecule has 132 valence electrons. The molecule has 0 saturated carbocycles. The number of para-hydroxylation sites is 1. The molecule has 0 spiro atoms. The normalized spacial score (nSPS) is 10.5. The van der Waals surface area contributed by atoms with E-state index in [1.54, 1.807) is 43.6 Å². The summed E-state index contributed by atoms with van der Waals surface area (Å²) in [4.78, 5) is 26.7. The molecule has 3 aromatic rings. The quantitative estimate of drug-likeness (QED) is 0.398. The van der Waals surface area contributed by atoms with Crippen LogP contribution < -0.4 is 5.32 Å². The molecular formula is C16H13N5O4S. The molecule has 1 amide bonds. The van der Waals surface area contributed by atoms with Crippen LogP contribution in [0.15, 0.2) is 52.4 Å². The van der Waals surface area contributed by atoms with Gasteiger partial charge in [0.05, 0.1) is 16.2 Å². The van der Waals surface area contributed by atoms with Crippen molar-refractivity contribution >= 4 is 29.0 Å². The van der Waals surface area contributed by atoms with Crippen LogP contribution in [0.25, 0.3) is 11.5 Å². The molecule has 0 saturated heterocycles. The van der Waals surface area contributed by atoms with Crippen molar-refractivity contribution in [2.24, 2.45) is 0 Å². The van der Waals surface area contributed by atoms with E-state index in [1.165, 1.54) is 6.07 Å². The van der Waals surface area contributed by atoms with Gasteiger partial charge in [-0.05, 0) is 24.6 Å². The smallest absolute Gasteiger partial charge is 0.293 e. The first-order valence-electron chi connectivity index (χ1n) is 7.45. The number of nitrogens with zero attached hydrogens (tertiary/aromatic N) is 4. The molecule has 1 N–H and O–H groups in total. The third kappa shape index (κ3) is 4.03. The van der Waals surface area contributed by atoms with Gasteiger partial charge in [-0.15, -0.1) is 10.2 Å². The van der Waals surface area contributed by atoms with Crippen LogP contribution in [0.5, 0.6) is 0 Å². The van der Waals surface area contributed by atoms with Crippen LogP contribution in [0.4, 0.5) is 11.4 Å². The maximum absolute atomic E-state index is 12.1. The van der Waals surface area contributed by atoms with E-state index < -0.39 is 10.8 Å². The van der Waals surface area contributed by atoms with Crippen molar-refractivity contribution in [2.45, 2.75) is 12.1 Å². The second-order valence-corrected chi connectivity index (χ2v) is 6.10. The monoisotopic (exact) mass is 371 g/mol. The van der Waals surface area contributed by atoms with Gasteiger partial charge >= 0.3 is 0 Å². The summed E-state index contributed by atoms with van der Waals surface area (Å²) in [5.74, 6) is -0.135. The minimum absolute atomic E-state index is 0.0276. The Labute approximate surface area is 152 Å². The molecule has 0 fully saturated rings. The van der Waals surface area contributed by atoms with Gasteiger partial charge in [-0.25, -0.2) is 0 Å². The molecule has 9 nitrogen and oxygen atoms in total. The number of hydrogen-bond donors (Lipinski definition) is 1. The maximum Gasteiger partial charge on any atom is 0.293 e. The SMILES string of the molecule is Cc1cccc([N+](=O)[O-])c1NC(=O)CSc1nnc(-c2cccnc2)o1. The molecule has 2 aromatic heterocycles. The average Bonchev–Trinajstić information content (AvgIpc) is 3.11. The number of benzene rings is 1. The molecule has 3 rings (SSSR count). The van der Waals surface area contributed by atoms with E-state index in [0.717, 1.165) is 11.8 Å². The highest BCUT2D eigenvalue weighted by atomic mass is 32.2. The van der Waals surface area contributed by atoms with Crippen LogP contribution in [0.3, 0.4) is 0 Å². The van der Waals surface area contributed by atoms with E-state index in [1.807, 2.05) is 0 Å². The van der Waals surface area contributed by atoms with Crippen LogP contribution in [0, 0.1) is 17.0 Å². The number of nitro benzene ring substituents is 1. The number of nitro groups is 1. The summed E-state index contributed by atoms with van der Waals surface area (Å²) in [6, 6.07) is 8.12. The fraction of sp³-hybridized carbons (Fsp3) is 0.125. The second-order valence-electron chi connectivity index (χ2n) is 5.18. The Balaban J connectivity index is 1.64. The molecule has 0 radical (unpaired) electrons. The van der Waals surface area contributed by atoms with Crippen molar-refractivity contribution in [3.05, 3.63) is 58.4 Å². The zero-order valence-corrected chi connectivity index (χ0v) is 14.4. The third-order valence-electron chi connectivity index (χ3n) is 3.35. The van der Waals surface area contributed by atoms with Gasteiger partial charge in [0.2, 0.25) is 11.8 Å². The highest BCUT2D eigenvalue weighted by Crippen LogP contribution is 2.28. The summed E-state index contributed by atoms with van der Waals surface area (Å²) in [7, 11) is 0. The lowest BCUT2D eigenvalue weighted by Crippen LogP contribution is -2.16. The van der Waals surface area contributed by atoms with Gasteiger partial charge in [-0.3, -0.25) is 19.9 Å². The van der Waals surface area contributed by atoms with E-state index in [4.69, 9.17) is 4.42 Å². The number of rotatable bonds is 6. The molecular weight excluding hydrogens is 358 g/mol. The van der Waals surface area contributed by atoms with Crippen LogP contribution >= 0.6 is 11.8 Å². The van der Waals surface area contributed by atoms with Crippen molar-refractivity contribution in [2.75, 3.05) is 11.1 Å². The predicted molar refractivity (Wildman–Crippen MR) is 94.7 cm³/mol. The van der Waals surface area contributed by atoms with Gasteiger partial charge in [-0.1, -0.05) is 23.9 Å². The first kappa shape index (κ1) is 17.5. The molecule has 0 bridgehead atoms. The van der Waals surface area contributed by atoms with E-state index in [0.29, 0.717) is 17.0 Å². The first-order valence-corrected chi connectivity index (χ1v) is 8.43. The topological polar surface area (TPSA) is 124 Å². The highest BCUT2D eigenvalue weighted by Gasteiger charge is 2.18. The van der Waals surface area contributed by atoms with Gasteiger partial charge in [0, 0.05) is 18.5 Å². The van der Waals surface area contributed by atoms with E-state index in [-0.39, 0.29) is 22.4 Å². The van der Waals surface area contributed by atoms with E-state index >= 15 is 0 Å². The Morgan fingerprint density at radius 2 is 2.15 bits per heavy atom. The largest absolute Gasteiger partial charge is 0.411 e. The average molecular weight is 371 g/mol. The van der Waals surface area contributed by atoms with E-state index in [9.17, 15) is 14.9 Å². The second kappa shape index (κ2) is 7.74. The Morgan fingerprint density at radius 1 is 1.31 bits per heavy atom. The van der Waals surface area contributed by atoms with Crippen molar-refractivity contribution < 1.29 is 14.1 Å². The summed E-state index contributed by atoms with van der Waals surface area (Å²) < 4.78 is 5.47. The van der Waals surface area contributed by atoms with Gasteiger partial charge in [0.25, 0.3) is 10.9 Å². The number of amides is 1. The minimum atomic E-state index is -0.534. The molecule has 0 aliphatic heterocycles. The van der Waals surface area contributed by atoms with Gasteiger partial charge in [-0.2, -0.15) is 0 Å². The fourth-order valence-electron chi connectivity index (χ4n) is 2.14. The standard InChI is InChI=1S/C16H13N5O4S/c1-10-4-2-6-12(21(23)24)14(10)18-13(22)9-26-16-20-19-15(25-16)11-5-3-7-17-8-11/h2-8H,9H2,1H3,(H,18,22). The zero-order chi connectivity index (χ0) is 18.5. The number of carbonyl (C=O) groups is 1. The minimum Gasteiger partial charge on any atom is -0.411 e. The number of hydrogen-bond acceptors (Lipinski definition) is 8. The number of aryl methyl sites for hydroxylation is 1. The Morgan fingerprint density at radius 3 is 2.88 bits per heavy atom. The zero-order valence-electron chi connectivity index (χ0n) is 13.6. The Kier molecular flexibility index (Phi) is 5.23. The summed E-state index contributed by atoms with van der Waals surface area (Å²) in [6.07, 6.45) is 3.22. The Bertz CT molecular complexity index is 945. The summed E-state index contributed by atoms with van der Waals surface area (Å²) in [5.41, 5.74) is 1.31. The van der Waals surface area contributed by atoms with Crippen LogP contribution in [-0.2, 0) is 4.79 Å². The van der Waals surface area contributed by atoms with Crippen LogP contribution in [0.2, 0.25) is 0 Å². The number of carbonyl (C=O) groups excluding carboxylic acids is 1. The fourth-order valence-corrected chi connectivity index (χ4v) is 2.71. The van der Waals surface area contributed by atoms with Crippen molar-refractivity contribution in [3.8, 4) is 11.5 Å². The van der Waals surface area contributed by atoms with Gasteiger partial charge < -0.3 is 9.73 Å². The lowest BCUT2D eigenvalue weighted by atomic mass is 10.1. The maximum atomic E-state index is 12.1. The van der Waals surface area contributed by atoms with Crippen molar-refractivity contribution in [1.82, 2.24) is 15.2 Å². The lowest BCUT2D eigenvalue weighted by Gasteiger charge is -2.08. The van der Waals surface area contributed by atoms with Crippen molar-refractivity contribution in [3.63, 3.8) is 0 Å². The van der Waals surface area contributed by atoms with Gasteiger partial charge in [0.15, 0.2) is 0 Å². The molecule has 26 heavy (non-hydrogen) atoms. The number of pyridine rings is 1. The molecule has 1 aromatic carbocycles. The summed E-state index contributed by atoms with van der Waals surface area (Å²) in [6.45, 7) is 1.69. The molecule has 0 aliphatic carbocycles. The molecule has 0 atom stereocenters.